The van der Waals surface area contributed by atoms with Crippen LogP contribution in [0.1, 0.15) is 11.3 Å². The molecular weight excluding hydrogens is 356 g/mol. The molecule has 0 aliphatic carbocycles. The average molecular weight is 374 g/mol. The van der Waals surface area contributed by atoms with Gasteiger partial charge in [0, 0.05) is 35.1 Å². The number of hydrogen-bond donors (Lipinski definition) is 0. The topological polar surface area (TPSA) is 43.6 Å². The second-order valence-electron chi connectivity index (χ2n) is 6.72. The lowest BCUT2D eigenvalue weighted by atomic mass is 10.1. The molecule has 0 atom stereocenters. The van der Waals surface area contributed by atoms with E-state index < -0.39 is 0 Å². The summed E-state index contributed by atoms with van der Waals surface area (Å²) in [7, 11) is 0. The Balaban J connectivity index is 1.57. The van der Waals surface area contributed by atoms with Gasteiger partial charge >= 0.3 is 0 Å². The fraction of sp³-hybridized carbons (Fsp3) is 0. The zero-order chi connectivity index (χ0) is 19.5. The Morgan fingerprint density at radius 2 is 1.62 bits per heavy atom. The summed E-state index contributed by atoms with van der Waals surface area (Å²) in [4.78, 5) is 8.98. The molecule has 0 N–H and O–H groups in total. The van der Waals surface area contributed by atoms with E-state index in [0.29, 0.717) is 0 Å². The smallest absolute Gasteiger partial charge is 0.101 e. The van der Waals surface area contributed by atoms with Crippen LogP contribution in [0.4, 0.5) is 0 Å². The molecule has 2 aromatic carbocycles. The zero-order valence-corrected chi connectivity index (χ0v) is 15.7. The van der Waals surface area contributed by atoms with E-state index in [0.717, 1.165) is 39.1 Å². The van der Waals surface area contributed by atoms with Crippen molar-refractivity contribution in [1.82, 2.24) is 19.7 Å². The predicted octanol–water partition coefficient (Wildman–Crippen LogP) is 5.65. The van der Waals surface area contributed by atoms with Crippen molar-refractivity contribution in [3.63, 3.8) is 0 Å². The van der Waals surface area contributed by atoms with Gasteiger partial charge < -0.3 is 0 Å². The highest BCUT2D eigenvalue weighted by molar-refractivity contribution is 5.82. The molecule has 138 valence electrons. The lowest BCUT2D eigenvalue weighted by molar-refractivity contribution is 0.884. The van der Waals surface area contributed by atoms with Gasteiger partial charge in [0.25, 0.3) is 0 Å². The molecule has 5 rings (SSSR count). The van der Waals surface area contributed by atoms with E-state index in [1.807, 2.05) is 89.9 Å². The molecule has 3 aromatic heterocycles. The summed E-state index contributed by atoms with van der Waals surface area (Å²) in [6.45, 7) is 0. The summed E-state index contributed by atoms with van der Waals surface area (Å²) in [5, 5.41) is 5.95. The zero-order valence-electron chi connectivity index (χ0n) is 15.7. The SMILES string of the molecule is C(=C\c1cn(-c2ccccc2)nc1-c1cccnc1)/c1ccc2ccccc2n1. The Morgan fingerprint density at radius 1 is 0.759 bits per heavy atom. The van der Waals surface area contributed by atoms with E-state index in [4.69, 9.17) is 10.1 Å². The van der Waals surface area contributed by atoms with Crippen LogP contribution in [0.2, 0.25) is 0 Å². The molecular formula is C25H18N4. The summed E-state index contributed by atoms with van der Waals surface area (Å²) in [5.74, 6) is 0. The van der Waals surface area contributed by atoms with E-state index in [1.54, 1.807) is 6.20 Å². The van der Waals surface area contributed by atoms with Gasteiger partial charge in [-0.3, -0.25) is 4.98 Å². The molecule has 0 unspecified atom stereocenters. The van der Waals surface area contributed by atoms with Crippen LogP contribution < -0.4 is 0 Å². The van der Waals surface area contributed by atoms with Crippen LogP contribution in [0.5, 0.6) is 0 Å². The number of benzene rings is 2. The molecule has 0 spiro atoms. The van der Waals surface area contributed by atoms with E-state index in [9.17, 15) is 0 Å². The van der Waals surface area contributed by atoms with Crippen LogP contribution in [-0.2, 0) is 0 Å². The van der Waals surface area contributed by atoms with Gasteiger partial charge in [-0.2, -0.15) is 5.10 Å². The third kappa shape index (κ3) is 3.56. The Labute approximate surface area is 168 Å². The summed E-state index contributed by atoms with van der Waals surface area (Å²) in [6.07, 6.45) is 9.73. The molecule has 0 saturated carbocycles. The van der Waals surface area contributed by atoms with Gasteiger partial charge in [0.15, 0.2) is 0 Å². The molecule has 0 radical (unpaired) electrons. The molecule has 5 aromatic rings. The standard InChI is InChI=1S/C25H18N4/c1-2-9-23(10-3-1)29-18-21(25(28-29)20-8-6-16-26-17-20)13-15-22-14-12-19-7-4-5-11-24(19)27-22/h1-18H/b15-13+. The number of nitrogens with zero attached hydrogens (tertiary/aromatic N) is 4. The van der Waals surface area contributed by atoms with E-state index >= 15 is 0 Å². The summed E-state index contributed by atoms with van der Waals surface area (Å²) in [6, 6.07) is 26.3. The van der Waals surface area contributed by atoms with Crippen LogP contribution in [0.15, 0.2) is 97.5 Å². The summed E-state index contributed by atoms with van der Waals surface area (Å²) < 4.78 is 1.90. The molecule has 0 saturated heterocycles. The molecule has 4 nitrogen and oxygen atoms in total. The van der Waals surface area contributed by atoms with Gasteiger partial charge in [0.1, 0.15) is 5.69 Å². The Hall–Kier alpha value is -4.05. The fourth-order valence-corrected chi connectivity index (χ4v) is 3.30. The quantitative estimate of drug-likeness (QED) is 0.408. The number of aromatic nitrogens is 4. The molecule has 0 bridgehead atoms. The second kappa shape index (κ2) is 7.52. The molecule has 0 aliphatic rings. The van der Waals surface area contributed by atoms with Gasteiger partial charge in [-0.05, 0) is 48.6 Å². The second-order valence-corrected chi connectivity index (χ2v) is 6.72. The maximum Gasteiger partial charge on any atom is 0.101 e. The minimum atomic E-state index is 0.888. The highest BCUT2D eigenvalue weighted by atomic mass is 15.3. The van der Waals surface area contributed by atoms with Crippen molar-refractivity contribution in [1.29, 1.82) is 0 Å². The lowest BCUT2D eigenvalue weighted by Gasteiger charge is -2.00. The number of hydrogen-bond acceptors (Lipinski definition) is 3. The Bertz CT molecular complexity index is 1290. The van der Waals surface area contributed by atoms with Gasteiger partial charge in [-0.15, -0.1) is 0 Å². The highest BCUT2D eigenvalue weighted by Crippen LogP contribution is 2.25. The maximum atomic E-state index is 4.82. The van der Waals surface area contributed by atoms with Crippen molar-refractivity contribution in [2.24, 2.45) is 0 Å². The van der Waals surface area contributed by atoms with Crippen LogP contribution in [-0.4, -0.2) is 19.7 Å². The highest BCUT2D eigenvalue weighted by Gasteiger charge is 2.10. The number of pyridine rings is 2. The lowest BCUT2D eigenvalue weighted by Crippen LogP contribution is -1.94. The molecule has 0 aliphatic heterocycles. The van der Waals surface area contributed by atoms with Crippen molar-refractivity contribution < 1.29 is 0 Å². The summed E-state index contributed by atoms with van der Waals surface area (Å²) >= 11 is 0. The van der Waals surface area contributed by atoms with Crippen LogP contribution in [0, 0.1) is 0 Å². The maximum absolute atomic E-state index is 4.82. The van der Waals surface area contributed by atoms with Gasteiger partial charge in [-0.1, -0.05) is 42.5 Å². The first-order valence-electron chi connectivity index (χ1n) is 9.46. The van der Waals surface area contributed by atoms with E-state index in [1.165, 1.54) is 0 Å². The van der Waals surface area contributed by atoms with Gasteiger partial charge in [-0.25, -0.2) is 9.67 Å². The number of rotatable bonds is 4. The van der Waals surface area contributed by atoms with E-state index in [2.05, 4.69) is 23.2 Å². The third-order valence-electron chi connectivity index (χ3n) is 4.75. The van der Waals surface area contributed by atoms with E-state index in [-0.39, 0.29) is 0 Å². The van der Waals surface area contributed by atoms with Crippen LogP contribution >= 0.6 is 0 Å². The first-order chi connectivity index (χ1) is 14.4. The normalized spacial score (nSPS) is 11.3. The minimum absolute atomic E-state index is 0.888. The fourth-order valence-electron chi connectivity index (χ4n) is 3.30. The molecule has 3 heterocycles. The largest absolute Gasteiger partial charge is 0.264 e. The summed E-state index contributed by atoms with van der Waals surface area (Å²) in [5.41, 5.74) is 5.79. The van der Waals surface area contributed by atoms with Crippen molar-refractivity contribution in [3.8, 4) is 16.9 Å². The molecule has 0 amide bonds. The average Bonchev–Trinajstić information content (AvgIpc) is 3.23. The molecule has 0 fully saturated rings. The Kier molecular flexibility index (Phi) is 4.43. The predicted molar refractivity (Wildman–Crippen MR) is 117 cm³/mol. The van der Waals surface area contributed by atoms with Crippen molar-refractivity contribution in [2.75, 3.05) is 0 Å². The number of para-hydroxylation sites is 2. The third-order valence-corrected chi connectivity index (χ3v) is 4.75. The minimum Gasteiger partial charge on any atom is -0.264 e. The first-order valence-corrected chi connectivity index (χ1v) is 9.46. The van der Waals surface area contributed by atoms with Gasteiger partial charge in [0.05, 0.1) is 16.9 Å². The molecule has 29 heavy (non-hydrogen) atoms. The van der Waals surface area contributed by atoms with Crippen molar-refractivity contribution in [2.45, 2.75) is 0 Å². The first kappa shape index (κ1) is 17.1. The van der Waals surface area contributed by atoms with Crippen molar-refractivity contribution in [3.05, 3.63) is 109 Å². The van der Waals surface area contributed by atoms with Crippen LogP contribution in [0.3, 0.4) is 0 Å². The molecule has 4 heteroatoms. The number of fused-ring (bicyclic) bond motifs is 1. The van der Waals surface area contributed by atoms with Crippen LogP contribution in [0.25, 0.3) is 40.0 Å². The van der Waals surface area contributed by atoms with Gasteiger partial charge in [0.2, 0.25) is 0 Å². The van der Waals surface area contributed by atoms with Crippen molar-refractivity contribution >= 4 is 23.1 Å². The monoisotopic (exact) mass is 374 g/mol. The Morgan fingerprint density at radius 3 is 2.48 bits per heavy atom.